The van der Waals surface area contributed by atoms with E-state index < -0.39 is 36.1 Å². The van der Waals surface area contributed by atoms with Crippen LogP contribution in [0.15, 0.2) is 70.9 Å². The normalized spacial score (nSPS) is 11.7. The predicted molar refractivity (Wildman–Crippen MR) is 212 cm³/mol. The van der Waals surface area contributed by atoms with E-state index in [1.54, 1.807) is 63.6 Å². The average molecular weight is 837 g/mol. The first kappa shape index (κ1) is 44.3. The summed E-state index contributed by atoms with van der Waals surface area (Å²) in [7, 11) is -5.54. The van der Waals surface area contributed by atoms with Crippen LogP contribution in [0, 0.1) is 6.92 Å². The molecule has 1 aromatic heterocycles. The number of fused-ring (bicyclic) bond motifs is 1. The second-order valence-electron chi connectivity index (χ2n) is 12.6. The van der Waals surface area contributed by atoms with Gasteiger partial charge in [-0.15, -0.1) is 11.3 Å². The number of hydrogen-bond donors (Lipinski definition) is 5. The number of sulfonamides is 1. The topological polar surface area (TPSA) is 211 Å². The zero-order valence-corrected chi connectivity index (χ0v) is 34.1. The highest BCUT2D eigenvalue weighted by Gasteiger charge is 2.25. The van der Waals surface area contributed by atoms with E-state index in [1.807, 2.05) is 29.0 Å². The van der Waals surface area contributed by atoms with Crippen molar-refractivity contribution in [2.75, 3.05) is 59.8 Å². The minimum Gasteiger partial charge on any atom is -0.497 e. The third-order valence-corrected chi connectivity index (χ3v) is 12.4. The van der Waals surface area contributed by atoms with Gasteiger partial charge in [0.2, 0.25) is 0 Å². The molecule has 4 rings (SSSR count). The molecule has 1 heterocycles. The summed E-state index contributed by atoms with van der Waals surface area (Å²) in [6.07, 6.45) is -0.0642. The van der Waals surface area contributed by atoms with Crippen molar-refractivity contribution in [1.82, 2.24) is 20.3 Å². The molecule has 0 radical (unpaired) electrons. The van der Waals surface area contributed by atoms with Gasteiger partial charge >= 0.3 is 19.8 Å². The third kappa shape index (κ3) is 14.9. The molecule has 0 fully saturated rings. The molecule has 0 aliphatic rings. The Morgan fingerprint density at radius 2 is 1.27 bits per heavy atom. The van der Waals surface area contributed by atoms with Gasteiger partial charge < -0.3 is 49.0 Å². The van der Waals surface area contributed by atoms with Gasteiger partial charge in [-0.1, -0.05) is 24.3 Å². The van der Waals surface area contributed by atoms with Crippen LogP contribution in [0.4, 0.5) is 9.59 Å². The molecule has 0 unspecified atom stereocenters. The molecule has 0 saturated carbocycles. The van der Waals surface area contributed by atoms with Crippen LogP contribution in [-0.4, -0.2) is 95.1 Å². The van der Waals surface area contributed by atoms with Crippen LogP contribution < -0.4 is 29.6 Å². The Hall–Kier alpha value is -4.42. The molecule has 306 valence electrons. The van der Waals surface area contributed by atoms with Crippen LogP contribution in [0.2, 0.25) is 0 Å². The summed E-state index contributed by atoms with van der Waals surface area (Å²) in [4.78, 5) is 45.0. The number of alkyl carbamates (subject to hydrolysis) is 2. The molecule has 0 saturated heterocycles. The van der Waals surface area contributed by atoms with Crippen LogP contribution >= 0.6 is 18.9 Å². The highest BCUT2D eigenvalue weighted by atomic mass is 32.2. The van der Waals surface area contributed by atoms with Crippen molar-refractivity contribution in [1.29, 1.82) is 0 Å². The van der Waals surface area contributed by atoms with Crippen molar-refractivity contribution in [2.45, 2.75) is 43.6 Å². The average Bonchev–Trinajstić information content (AvgIpc) is 3.53. The number of hydrogen-bond acceptors (Lipinski definition) is 12. The predicted octanol–water partition coefficient (Wildman–Crippen LogP) is 5.34. The Bertz CT molecular complexity index is 1950. The maximum absolute atomic E-state index is 12.7. The van der Waals surface area contributed by atoms with Crippen molar-refractivity contribution in [3.8, 4) is 17.2 Å². The molecule has 4 aromatic rings. The number of ether oxygens (including phenoxy) is 5. The van der Waals surface area contributed by atoms with Gasteiger partial charge in [0.15, 0.2) is 0 Å². The lowest BCUT2D eigenvalue weighted by atomic mass is 10.2. The lowest BCUT2D eigenvalue weighted by molar-refractivity contribution is 0.139. The van der Waals surface area contributed by atoms with E-state index in [9.17, 15) is 22.6 Å². The molecular formula is C37H49N4O12PS2. The Morgan fingerprint density at radius 3 is 1.77 bits per heavy atom. The number of carbonyl (C=O) groups excluding carboxylic acids is 2. The number of aryl methyl sites for hydroxylation is 1. The quantitative estimate of drug-likeness (QED) is 0.0472. The Morgan fingerprint density at radius 1 is 0.768 bits per heavy atom. The summed E-state index contributed by atoms with van der Waals surface area (Å²) in [5, 5.41) is 6.23. The second kappa shape index (κ2) is 21.8. The van der Waals surface area contributed by atoms with E-state index in [-0.39, 0.29) is 17.4 Å². The molecule has 0 spiro atoms. The van der Waals surface area contributed by atoms with Crippen molar-refractivity contribution >= 4 is 51.2 Å². The first-order valence-corrected chi connectivity index (χ1v) is 21.9. The van der Waals surface area contributed by atoms with E-state index in [4.69, 9.17) is 33.5 Å². The van der Waals surface area contributed by atoms with Crippen molar-refractivity contribution < 1.29 is 56.0 Å². The SMILES string of the molecule is COc1ccc(COC(=O)NCCCN(CCCNC(=O)OCc2ccc(OC)cc2)CCCOc2ccc3sc(S(=O)(=O)NCP(=O)(O)O)c(C)c3c2)cc1. The Kier molecular flexibility index (Phi) is 17.2. The highest BCUT2D eigenvalue weighted by molar-refractivity contribution is 7.92. The van der Waals surface area contributed by atoms with Crippen molar-refractivity contribution in [3.63, 3.8) is 0 Å². The molecule has 2 amide bonds. The summed E-state index contributed by atoms with van der Waals surface area (Å²) in [5.41, 5.74) is 2.13. The number of rotatable bonds is 23. The Balaban J connectivity index is 1.25. The van der Waals surface area contributed by atoms with E-state index in [2.05, 4.69) is 15.5 Å². The summed E-state index contributed by atoms with van der Waals surface area (Å²) < 4.78 is 66.3. The van der Waals surface area contributed by atoms with Crippen molar-refractivity contribution in [3.05, 3.63) is 83.4 Å². The maximum atomic E-state index is 12.7. The molecule has 0 aliphatic heterocycles. The van der Waals surface area contributed by atoms with Crippen LogP contribution in [-0.2, 0) is 37.3 Å². The molecule has 19 heteroatoms. The monoisotopic (exact) mass is 836 g/mol. The number of methoxy groups -OCH3 is 2. The van der Waals surface area contributed by atoms with E-state index in [1.165, 1.54) is 0 Å². The number of nitrogens with zero attached hydrogens (tertiary/aromatic N) is 1. The molecular weight excluding hydrogens is 788 g/mol. The lowest BCUT2D eigenvalue weighted by Crippen LogP contribution is -2.34. The van der Waals surface area contributed by atoms with Gasteiger partial charge in [-0.2, -0.15) is 4.72 Å². The van der Waals surface area contributed by atoms with Gasteiger partial charge in [0.1, 0.15) is 41.0 Å². The van der Waals surface area contributed by atoms with E-state index in [0.717, 1.165) is 22.5 Å². The minimum absolute atomic E-state index is 0.0197. The summed E-state index contributed by atoms with van der Waals surface area (Å²) in [5.74, 6) is 1.98. The fraction of sp³-hybridized carbons (Fsp3) is 0.405. The van der Waals surface area contributed by atoms with Gasteiger partial charge in [-0.3, -0.25) is 4.57 Å². The summed E-state index contributed by atoms with van der Waals surface area (Å²) >= 11 is 1.01. The maximum Gasteiger partial charge on any atom is 0.407 e. The van der Waals surface area contributed by atoms with E-state index >= 15 is 0 Å². The van der Waals surface area contributed by atoms with Gasteiger partial charge in [-0.05, 0) is 98.4 Å². The van der Waals surface area contributed by atoms with Crippen LogP contribution in [0.3, 0.4) is 0 Å². The molecule has 0 bridgehead atoms. The smallest absolute Gasteiger partial charge is 0.407 e. The first-order chi connectivity index (χ1) is 26.8. The molecule has 5 N–H and O–H groups in total. The van der Waals surface area contributed by atoms with E-state index in [0.29, 0.717) is 91.5 Å². The molecule has 16 nitrogen and oxygen atoms in total. The molecule has 56 heavy (non-hydrogen) atoms. The molecule has 3 aromatic carbocycles. The van der Waals surface area contributed by atoms with Gasteiger partial charge in [-0.25, -0.2) is 18.0 Å². The second-order valence-corrected chi connectivity index (χ2v) is 17.3. The number of benzene rings is 3. The largest absolute Gasteiger partial charge is 0.497 e. The highest BCUT2D eigenvalue weighted by Crippen LogP contribution is 2.38. The summed E-state index contributed by atoms with van der Waals surface area (Å²) in [6, 6.07) is 19.7. The fourth-order valence-corrected chi connectivity index (χ4v) is 9.20. The van der Waals surface area contributed by atoms with Gasteiger partial charge in [0.05, 0.1) is 20.8 Å². The van der Waals surface area contributed by atoms with Crippen molar-refractivity contribution in [2.24, 2.45) is 0 Å². The van der Waals surface area contributed by atoms with Crippen LogP contribution in [0.25, 0.3) is 10.1 Å². The minimum atomic E-state index is -4.58. The molecule has 0 aliphatic carbocycles. The lowest BCUT2D eigenvalue weighted by Gasteiger charge is -2.22. The summed E-state index contributed by atoms with van der Waals surface area (Å²) in [6.45, 7) is 5.05. The Labute approximate surface area is 330 Å². The number of amides is 2. The first-order valence-electron chi connectivity index (χ1n) is 17.8. The van der Waals surface area contributed by atoms with Gasteiger partial charge in [0, 0.05) is 29.7 Å². The zero-order valence-electron chi connectivity index (χ0n) is 31.5. The number of thiophene rings is 1. The zero-order chi connectivity index (χ0) is 40.6. The standard InChI is InChI=1S/C37H49N4O12PS2/c1-27-33-23-32(15-16-34(33)55-35(27)56(47,48)40-26-54(44,45)46)51-22-6-21-41(19-4-17-38-36(42)52-24-28-7-11-30(49-2)12-8-28)20-5-18-39-37(43)53-25-29-9-13-31(50-3)14-10-29/h7-16,23,40H,4-6,17-22,24-26H2,1-3H3,(H,38,42)(H,39,43)(H2,44,45,46). The van der Waals surface area contributed by atoms with Crippen LogP contribution in [0.5, 0.6) is 17.2 Å². The van der Waals surface area contributed by atoms with Crippen LogP contribution in [0.1, 0.15) is 36.0 Å². The number of carbonyl (C=O) groups is 2. The fourth-order valence-electron chi connectivity index (χ4n) is 5.40. The van der Waals surface area contributed by atoms with Gasteiger partial charge in [0.25, 0.3) is 10.0 Å². The number of nitrogens with one attached hydrogen (secondary N) is 3. The third-order valence-electron chi connectivity index (χ3n) is 8.35. The molecule has 0 atom stereocenters.